The molecule has 156 valence electrons. The van der Waals surface area contributed by atoms with E-state index in [-0.39, 0.29) is 11.5 Å². The van der Waals surface area contributed by atoms with Crippen molar-refractivity contribution in [2.45, 2.75) is 20.0 Å². The summed E-state index contributed by atoms with van der Waals surface area (Å²) in [5, 5.41) is 3.75. The molecule has 4 aromatic rings. The number of pyridine rings is 2. The number of nitrogens with one attached hydrogen (secondary N) is 2. The molecule has 0 fully saturated rings. The van der Waals surface area contributed by atoms with Crippen molar-refractivity contribution in [1.82, 2.24) is 19.4 Å². The average molecular weight is 413 g/mol. The Bertz CT molecular complexity index is 1340. The molecule has 7 nitrogen and oxygen atoms in total. The van der Waals surface area contributed by atoms with Crippen molar-refractivity contribution in [2.24, 2.45) is 7.05 Å². The van der Waals surface area contributed by atoms with Crippen molar-refractivity contribution in [1.29, 1.82) is 0 Å². The Morgan fingerprint density at radius 2 is 1.87 bits per heavy atom. The van der Waals surface area contributed by atoms with Gasteiger partial charge in [0.1, 0.15) is 11.3 Å². The van der Waals surface area contributed by atoms with Gasteiger partial charge < -0.3 is 14.9 Å². The van der Waals surface area contributed by atoms with Gasteiger partial charge in [0.05, 0.1) is 12.2 Å². The summed E-state index contributed by atoms with van der Waals surface area (Å²) in [5.74, 6) is 0.405. The van der Waals surface area contributed by atoms with E-state index in [2.05, 4.69) is 27.3 Å². The van der Waals surface area contributed by atoms with E-state index in [0.717, 1.165) is 35.3 Å². The second kappa shape index (κ2) is 7.52. The number of fused-ring (bicyclic) bond motifs is 2. The van der Waals surface area contributed by atoms with Crippen LogP contribution in [0.2, 0.25) is 0 Å². The third kappa shape index (κ3) is 3.53. The number of benzene rings is 1. The highest BCUT2D eigenvalue weighted by Crippen LogP contribution is 2.28. The van der Waals surface area contributed by atoms with Crippen LogP contribution in [-0.2, 0) is 24.9 Å². The number of H-pyrrole nitrogens is 1. The first-order valence-electron chi connectivity index (χ1n) is 10.2. The molecule has 7 heteroatoms. The van der Waals surface area contributed by atoms with Crippen molar-refractivity contribution in [3.8, 4) is 11.3 Å². The van der Waals surface area contributed by atoms with E-state index in [4.69, 9.17) is 4.98 Å². The van der Waals surface area contributed by atoms with Crippen LogP contribution in [-0.4, -0.2) is 31.9 Å². The number of carbonyl (C=O) groups is 1. The number of rotatable bonds is 4. The van der Waals surface area contributed by atoms with Gasteiger partial charge in [0.25, 0.3) is 5.56 Å². The summed E-state index contributed by atoms with van der Waals surface area (Å²) in [7, 11) is 1.72. The van der Waals surface area contributed by atoms with E-state index >= 15 is 0 Å². The van der Waals surface area contributed by atoms with Gasteiger partial charge in [0.15, 0.2) is 0 Å². The third-order valence-corrected chi connectivity index (χ3v) is 5.79. The molecule has 0 radical (unpaired) electrons. The third-order valence-electron chi connectivity index (χ3n) is 5.79. The molecular formula is C24H23N5O2. The Kier molecular flexibility index (Phi) is 4.67. The van der Waals surface area contributed by atoms with Gasteiger partial charge in [-0.1, -0.05) is 30.3 Å². The molecule has 1 aromatic carbocycles. The molecule has 0 unspecified atom stereocenters. The lowest BCUT2D eigenvalue weighted by Crippen LogP contribution is -2.29. The summed E-state index contributed by atoms with van der Waals surface area (Å²) in [5.41, 5.74) is 5.57. The first-order chi connectivity index (χ1) is 15.0. The maximum atomic E-state index is 12.7. The number of carbonyl (C=O) groups excluding carboxylic acids is 1. The first-order valence-corrected chi connectivity index (χ1v) is 10.2. The molecule has 1 amide bonds. The molecule has 2 N–H and O–H groups in total. The molecule has 0 saturated heterocycles. The minimum absolute atomic E-state index is 0.0857. The quantitative estimate of drug-likeness (QED) is 0.538. The summed E-state index contributed by atoms with van der Waals surface area (Å²) < 4.78 is 1.55. The summed E-state index contributed by atoms with van der Waals surface area (Å²) in [6, 6.07) is 13.9. The Balaban J connectivity index is 1.39. The molecule has 5 rings (SSSR count). The number of hydrogen-bond acceptors (Lipinski definition) is 4. The number of hydrogen-bond donors (Lipinski definition) is 2. The SMILES string of the molecule is Cc1ccc(NC(=O)CN2Cc3ccccc3C2)nc1-c1cn(C)c(=O)c2[nH]ccc12. The van der Waals surface area contributed by atoms with Crippen LogP contribution in [0.5, 0.6) is 0 Å². The highest BCUT2D eigenvalue weighted by molar-refractivity contribution is 5.95. The van der Waals surface area contributed by atoms with Crippen LogP contribution in [0.1, 0.15) is 16.7 Å². The summed E-state index contributed by atoms with van der Waals surface area (Å²) in [6.45, 7) is 3.83. The normalized spacial score (nSPS) is 13.5. The second-order valence-electron chi connectivity index (χ2n) is 8.05. The fourth-order valence-electron chi connectivity index (χ4n) is 4.23. The Hall–Kier alpha value is -3.71. The lowest BCUT2D eigenvalue weighted by molar-refractivity contribution is -0.117. The summed E-state index contributed by atoms with van der Waals surface area (Å²) in [6.07, 6.45) is 3.55. The van der Waals surface area contributed by atoms with E-state index in [1.807, 2.05) is 37.3 Å². The Morgan fingerprint density at radius 1 is 1.13 bits per heavy atom. The zero-order chi connectivity index (χ0) is 21.5. The number of aryl methyl sites for hydroxylation is 2. The van der Waals surface area contributed by atoms with Crippen LogP contribution >= 0.6 is 0 Å². The number of nitrogens with zero attached hydrogens (tertiary/aromatic N) is 3. The first kappa shape index (κ1) is 19.3. The van der Waals surface area contributed by atoms with Gasteiger partial charge in [-0.3, -0.25) is 14.5 Å². The molecule has 0 saturated carbocycles. The zero-order valence-corrected chi connectivity index (χ0v) is 17.5. The van der Waals surface area contributed by atoms with Gasteiger partial charge in [-0.05, 0) is 35.7 Å². The number of aromatic nitrogens is 3. The second-order valence-corrected chi connectivity index (χ2v) is 8.05. The molecule has 31 heavy (non-hydrogen) atoms. The largest absolute Gasteiger partial charge is 0.357 e. The number of amides is 1. The zero-order valence-electron chi connectivity index (χ0n) is 17.5. The van der Waals surface area contributed by atoms with E-state index in [1.54, 1.807) is 24.0 Å². The predicted molar refractivity (Wildman–Crippen MR) is 121 cm³/mol. The maximum Gasteiger partial charge on any atom is 0.274 e. The van der Waals surface area contributed by atoms with Gasteiger partial charge in [0.2, 0.25) is 5.91 Å². The van der Waals surface area contributed by atoms with Crippen LogP contribution in [0.4, 0.5) is 5.82 Å². The van der Waals surface area contributed by atoms with Gasteiger partial charge in [0, 0.05) is 43.5 Å². The van der Waals surface area contributed by atoms with Crippen molar-refractivity contribution in [2.75, 3.05) is 11.9 Å². The molecule has 4 heterocycles. The summed E-state index contributed by atoms with van der Waals surface area (Å²) >= 11 is 0. The fraction of sp³-hybridized carbons (Fsp3) is 0.208. The minimum Gasteiger partial charge on any atom is -0.357 e. The van der Waals surface area contributed by atoms with E-state index in [1.165, 1.54) is 11.1 Å². The molecule has 1 aliphatic heterocycles. The highest BCUT2D eigenvalue weighted by atomic mass is 16.2. The highest BCUT2D eigenvalue weighted by Gasteiger charge is 2.21. The standard InChI is InChI=1S/C24H23N5O2/c1-15-7-8-20(26-21(30)14-29-11-16-5-3-4-6-17(16)12-29)27-22(15)19-13-28(2)24(31)23-18(19)9-10-25-23/h3-10,13,25H,11-12,14H2,1-2H3,(H,26,27,30). The van der Waals surface area contributed by atoms with Crippen molar-refractivity contribution < 1.29 is 4.79 Å². The van der Waals surface area contributed by atoms with Crippen molar-refractivity contribution >= 4 is 22.6 Å². The Morgan fingerprint density at radius 3 is 2.61 bits per heavy atom. The van der Waals surface area contributed by atoms with Gasteiger partial charge >= 0.3 is 0 Å². The molecular weight excluding hydrogens is 390 g/mol. The van der Waals surface area contributed by atoms with Crippen LogP contribution in [0.15, 0.2) is 59.7 Å². The molecule has 1 aliphatic rings. The Labute approximate surface area is 179 Å². The van der Waals surface area contributed by atoms with Gasteiger partial charge in [-0.25, -0.2) is 4.98 Å². The minimum atomic E-state index is -0.0950. The number of anilines is 1. The molecule has 0 atom stereocenters. The fourth-order valence-corrected chi connectivity index (χ4v) is 4.23. The lowest BCUT2D eigenvalue weighted by Gasteiger charge is -2.15. The lowest BCUT2D eigenvalue weighted by atomic mass is 10.1. The van der Waals surface area contributed by atoms with Gasteiger partial charge in [-0.15, -0.1) is 0 Å². The van der Waals surface area contributed by atoms with E-state index in [0.29, 0.717) is 17.9 Å². The molecule has 0 spiro atoms. The molecule has 3 aromatic heterocycles. The van der Waals surface area contributed by atoms with Crippen LogP contribution in [0, 0.1) is 6.92 Å². The van der Waals surface area contributed by atoms with E-state index in [9.17, 15) is 9.59 Å². The number of aromatic amines is 1. The van der Waals surface area contributed by atoms with Crippen LogP contribution in [0.3, 0.4) is 0 Å². The monoisotopic (exact) mass is 413 g/mol. The van der Waals surface area contributed by atoms with Crippen LogP contribution < -0.4 is 10.9 Å². The molecule has 0 bridgehead atoms. The average Bonchev–Trinajstić information content (AvgIpc) is 3.39. The summed E-state index contributed by atoms with van der Waals surface area (Å²) in [4.78, 5) is 34.9. The predicted octanol–water partition coefficient (Wildman–Crippen LogP) is 3.19. The smallest absolute Gasteiger partial charge is 0.274 e. The van der Waals surface area contributed by atoms with E-state index < -0.39 is 0 Å². The van der Waals surface area contributed by atoms with Crippen molar-refractivity contribution in [3.05, 3.63) is 81.9 Å². The topological polar surface area (TPSA) is 83.0 Å². The molecule has 0 aliphatic carbocycles. The van der Waals surface area contributed by atoms with Gasteiger partial charge in [-0.2, -0.15) is 0 Å². The maximum absolute atomic E-state index is 12.7. The van der Waals surface area contributed by atoms with Crippen LogP contribution in [0.25, 0.3) is 22.2 Å². The van der Waals surface area contributed by atoms with Crippen molar-refractivity contribution in [3.63, 3.8) is 0 Å².